The van der Waals surface area contributed by atoms with Crippen LogP contribution in [0.3, 0.4) is 0 Å². The lowest BCUT2D eigenvalue weighted by molar-refractivity contribution is -0.127. The number of hydrogen-bond acceptors (Lipinski definition) is 6. The molecule has 34 heavy (non-hydrogen) atoms. The van der Waals surface area contributed by atoms with Crippen molar-refractivity contribution in [3.05, 3.63) is 54.5 Å². The van der Waals surface area contributed by atoms with Crippen molar-refractivity contribution in [2.24, 2.45) is 5.92 Å². The highest BCUT2D eigenvalue weighted by atomic mass is 32.2. The molecule has 0 saturated heterocycles. The van der Waals surface area contributed by atoms with E-state index in [0.717, 1.165) is 18.6 Å². The van der Waals surface area contributed by atoms with Crippen molar-refractivity contribution < 1.29 is 23.5 Å². The number of benzene rings is 1. The molecule has 2 rings (SSSR count). The minimum absolute atomic E-state index is 0.0390. The maximum absolute atomic E-state index is 12.7. The van der Waals surface area contributed by atoms with Crippen LogP contribution in [0.5, 0.6) is 5.75 Å². The third-order valence-electron chi connectivity index (χ3n) is 5.26. The van der Waals surface area contributed by atoms with E-state index < -0.39 is 6.04 Å². The van der Waals surface area contributed by atoms with E-state index in [0.29, 0.717) is 43.1 Å². The predicted molar refractivity (Wildman–Crippen MR) is 135 cm³/mol. The van der Waals surface area contributed by atoms with Crippen LogP contribution in [0.4, 0.5) is 0 Å². The van der Waals surface area contributed by atoms with E-state index in [1.807, 2.05) is 37.3 Å². The Balaban J connectivity index is 1.65. The van der Waals surface area contributed by atoms with Gasteiger partial charge in [-0.25, -0.2) is 0 Å². The van der Waals surface area contributed by atoms with Gasteiger partial charge in [-0.2, -0.15) is 0 Å². The lowest BCUT2D eigenvalue weighted by Gasteiger charge is -2.18. The van der Waals surface area contributed by atoms with Crippen LogP contribution < -0.4 is 15.4 Å². The van der Waals surface area contributed by atoms with Crippen LogP contribution >= 0.6 is 11.8 Å². The number of amides is 2. The van der Waals surface area contributed by atoms with Crippen LogP contribution in [0.15, 0.2) is 53.1 Å². The maximum Gasteiger partial charge on any atom is 0.257 e. The monoisotopic (exact) mass is 488 g/mol. The summed E-state index contributed by atoms with van der Waals surface area (Å²) in [5.74, 6) is 2.29. The highest BCUT2D eigenvalue weighted by Gasteiger charge is 2.20. The van der Waals surface area contributed by atoms with Gasteiger partial charge in [-0.05, 0) is 43.0 Å². The largest absolute Gasteiger partial charge is 0.484 e. The van der Waals surface area contributed by atoms with E-state index in [-0.39, 0.29) is 30.1 Å². The van der Waals surface area contributed by atoms with E-state index >= 15 is 0 Å². The average molecular weight is 489 g/mol. The number of nitrogens with one attached hydrogen (secondary N) is 2. The fourth-order valence-electron chi connectivity index (χ4n) is 3.22. The summed E-state index contributed by atoms with van der Waals surface area (Å²) in [6.45, 7) is 4.47. The molecule has 0 radical (unpaired) electrons. The Morgan fingerprint density at radius 1 is 1.06 bits per heavy atom. The zero-order valence-electron chi connectivity index (χ0n) is 20.1. The van der Waals surface area contributed by atoms with Gasteiger partial charge in [-0.15, -0.1) is 11.8 Å². The Morgan fingerprint density at radius 2 is 1.85 bits per heavy atom. The summed E-state index contributed by atoms with van der Waals surface area (Å²) in [4.78, 5) is 37.1. The number of Topliss-reactive ketones (excluding diaryl/α,β-unsaturated/α-hetero) is 1. The first-order chi connectivity index (χ1) is 16.5. The zero-order valence-corrected chi connectivity index (χ0v) is 20.9. The van der Waals surface area contributed by atoms with E-state index in [4.69, 9.17) is 9.15 Å². The van der Waals surface area contributed by atoms with Gasteiger partial charge in [0, 0.05) is 13.0 Å². The Bertz CT molecular complexity index is 857. The number of para-hydroxylation sites is 1. The van der Waals surface area contributed by atoms with Crippen molar-refractivity contribution in [3.8, 4) is 5.75 Å². The number of rotatable bonds is 17. The second-order valence-corrected chi connectivity index (χ2v) is 9.34. The minimum atomic E-state index is -0.457. The van der Waals surface area contributed by atoms with Gasteiger partial charge in [-0.3, -0.25) is 14.4 Å². The molecule has 1 aromatic heterocycles. The molecule has 1 heterocycles. The van der Waals surface area contributed by atoms with Gasteiger partial charge in [0.2, 0.25) is 5.91 Å². The molecule has 0 spiro atoms. The highest BCUT2D eigenvalue weighted by Crippen LogP contribution is 2.15. The van der Waals surface area contributed by atoms with Crippen molar-refractivity contribution >= 4 is 29.4 Å². The van der Waals surface area contributed by atoms with Gasteiger partial charge in [0.05, 0.1) is 23.8 Å². The first-order valence-corrected chi connectivity index (χ1v) is 13.0. The first-order valence-electron chi connectivity index (χ1n) is 11.8. The topological polar surface area (TPSA) is 97.6 Å². The summed E-state index contributed by atoms with van der Waals surface area (Å²) in [6.07, 6.45) is 5.04. The molecule has 2 amide bonds. The smallest absolute Gasteiger partial charge is 0.257 e. The van der Waals surface area contributed by atoms with E-state index in [9.17, 15) is 14.4 Å². The van der Waals surface area contributed by atoms with Crippen molar-refractivity contribution in [3.63, 3.8) is 0 Å². The first kappa shape index (κ1) is 27.5. The number of hydrogen-bond donors (Lipinski definition) is 2. The minimum Gasteiger partial charge on any atom is -0.484 e. The molecule has 0 bridgehead atoms. The molecular weight excluding hydrogens is 452 g/mol. The maximum atomic E-state index is 12.7. The summed E-state index contributed by atoms with van der Waals surface area (Å²) in [6, 6.07) is 12.4. The normalized spacial score (nSPS) is 12.5. The average Bonchev–Trinajstić information content (AvgIpc) is 3.36. The van der Waals surface area contributed by atoms with Gasteiger partial charge in [0.15, 0.2) is 12.4 Å². The molecule has 0 aliphatic rings. The quantitative estimate of drug-likeness (QED) is 0.343. The molecule has 7 nitrogen and oxygen atoms in total. The summed E-state index contributed by atoms with van der Waals surface area (Å²) in [5, 5.41) is 5.76. The molecular formula is C26H36N2O5S. The van der Waals surface area contributed by atoms with E-state index in [2.05, 4.69) is 17.6 Å². The van der Waals surface area contributed by atoms with Gasteiger partial charge < -0.3 is 19.8 Å². The summed E-state index contributed by atoms with van der Waals surface area (Å²) in [7, 11) is 0. The molecule has 2 aromatic rings. The Hall–Kier alpha value is -2.74. The Morgan fingerprint density at radius 3 is 2.56 bits per heavy atom. The highest BCUT2D eigenvalue weighted by molar-refractivity contribution is 7.99. The Kier molecular flexibility index (Phi) is 12.9. The summed E-state index contributed by atoms with van der Waals surface area (Å²) >= 11 is 1.49. The third-order valence-corrected chi connectivity index (χ3v) is 6.24. The Labute approximate surface area is 206 Å². The van der Waals surface area contributed by atoms with Crippen LogP contribution in [0, 0.1) is 5.92 Å². The molecule has 2 atom stereocenters. The third kappa shape index (κ3) is 11.4. The van der Waals surface area contributed by atoms with E-state index in [1.54, 1.807) is 18.4 Å². The number of ether oxygens (including phenoxy) is 1. The van der Waals surface area contributed by atoms with Gasteiger partial charge in [0.25, 0.3) is 5.91 Å². The molecule has 0 fully saturated rings. The van der Waals surface area contributed by atoms with Crippen LogP contribution in [-0.4, -0.2) is 42.5 Å². The lowest BCUT2D eigenvalue weighted by Crippen LogP contribution is -2.42. The summed E-state index contributed by atoms with van der Waals surface area (Å²) in [5.41, 5.74) is 0. The van der Waals surface area contributed by atoms with Crippen molar-refractivity contribution in [1.29, 1.82) is 0 Å². The second-order valence-electron chi connectivity index (χ2n) is 8.35. The van der Waals surface area contributed by atoms with Crippen molar-refractivity contribution in [2.75, 3.05) is 18.9 Å². The van der Waals surface area contributed by atoms with Gasteiger partial charge in [0.1, 0.15) is 11.5 Å². The number of unbranched alkanes of at least 4 members (excludes halogenated alkanes) is 1. The van der Waals surface area contributed by atoms with Crippen LogP contribution in [0.25, 0.3) is 0 Å². The van der Waals surface area contributed by atoms with Crippen LogP contribution in [-0.2, 0) is 20.1 Å². The standard InChI is InChI=1S/C26H36N2O5S/c1-3-4-12-23(24(29)19-34-18-22-11-8-15-32-22)28-25(30)14-13-20(2)16-27-26(31)17-33-21-9-6-5-7-10-21/h5-11,15,20,23H,3-4,12-14,16-19H2,1-2H3,(H,27,31)(H,28,30)/t20-,23-/m0/s1. The fraction of sp³-hybridized carbons (Fsp3) is 0.500. The van der Waals surface area contributed by atoms with Crippen molar-refractivity contribution in [1.82, 2.24) is 10.6 Å². The number of furan rings is 1. The molecule has 8 heteroatoms. The van der Waals surface area contributed by atoms with E-state index in [1.165, 1.54) is 11.8 Å². The molecule has 0 aliphatic heterocycles. The van der Waals surface area contributed by atoms with Crippen molar-refractivity contribution in [2.45, 2.75) is 57.7 Å². The zero-order chi connectivity index (χ0) is 24.6. The van der Waals surface area contributed by atoms with Gasteiger partial charge in [-0.1, -0.05) is 44.9 Å². The van der Waals surface area contributed by atoms with Crippen LogP contribution in [0.1, 0.15) is 51.7 Å². The molecule has 1 aromatic carbocycles. The van der Waals surface area contributed by atoms with Crippen LogP contribution in [0.2, 0.25) is 0 Å². The molecule has 0 aliphatic carbocycles. The predicted octanol–water partition coefficient (Wildman–Crippen LogP) is 4.37. The number of carbonyl (C=O) groups excluding carboxylic acids is 3. The van der Waals surface area contributed by atoms with Gasteiger partial charge >= 0.3 is 0 Å². The number of thioether (sulfide) groups is 1. The molecule has 0 saturated carbocycles. The molecule has 0 unspecified atom stereocenters. The SMILES string of the molecule is CCCC[C@H](NC(=O)CC[C@H](C)CNC(=O)COc1ccccc1)C(=O)CSCc1ccco1. The molecule has 186 valence electrons. The number of ketones is 1. The fourth-order valence-corrected chi connectivity index (χ4v) is 4.09. The molecule has 2 N–H and O–H groups in total. The lowest BCUT2D eigenvalue weighted by atomic mass is 10.0. The second kappa shape index (κ2) is 16.0. The summed E-state index contributed by atoms with van der Waals surface area (Å²) < 4.78 is 10.7. The number of carbonyl (C=O) groups is 3.